The third-order valence-corrected chi connectivity index (χ3v) is 5.99. The monoisotopic (exact) mass is 445 g/mol. The number of carbonyl (C=O) groups excluding carboxylic acids is 2. The normalized spacial score (nSPS) is 20.4. The van der Waals surface area contributed by atoms with E-state index in [2.05, 4.69) is 21.2 Å². The Labute approximate surface area is 182 Å². The molecule has 1 fully saturated rings. The molecule has 3 N–H and O–H groups in total. The van der Waals surface area contributed by atoms with Gasteiger partial charge in [0.05, 0.1) is 17.4 Å². The third kappa shape index (κ3) is 4.76. The predicted octanol–water partition coefficient (Wildman–Crippen LogP) is 2.08. The Morgan fingerprint density at radius 3 is 2.74 bits per heavy atom. The zero-order chi connectivity index (χ0) is 22.0. The molecule has 4 rings (SSSR count). The Kier molecular flexibility index (Phi) is 6.30. The summed E-state index contributed by atoms with van der Waals surface area (Å²) >= 11 is 1.07. The van der Waals surface area contributed by atoms with E-state index in [1.54, 1.807) is 0 Å². The summed E-state index contributed by atoms with van der Waals surface area (Å²) in [6, 6.07) is 11.1. The summed E-state index contributed by atoms with van der Waals surface area (Å²) in [4.78, 5) is 31.1. The van der Waals surface area contributed by atoms with Gasteiger partial charge in [0.15, 0.2) is 16.8 Å². The number of rotatable bonds is 5. The Bertz CT molecular complexity index is 1030. The standard InChI is InChI=1S/C21H21F2N5O2S/c1-12-2-4-13(5-3-12)9-24-18(29)11-31-21-26-19-15(10-25-27-19)20(30)28(21)14-6-7-16(22)17(23)8-14/h2-8,15,19,25,27H,9-11H2,1H3,(H,24,29). The molecule has 0 aliphatic carbocycles. The average Bonchev–Trinajstić information content (AvgIpc) is 3.23. The number of benzene rings is 2. The number of nitrogens with one attached hydrogen (secondary N) is 3. The first-order chi connectivity index (χ1) is 14.9. The minimum Gasteiger partial charge on any atom is -0.351 e. The van der Waals surface area contributed by atoms with Gasteiger partial charge in [-0.25, -0.2) is 19.2 Å². The fraction of sp³-hybridized carbons (Fsp3) is 0.286. The number of amides is 2. The van der Waals surface area contributed by atoms with Gasteiger partial charge in [-0.05, 0) is 24.6 Å². The third-order valence-electron chi connectivity index (χ3n) is 5.04. The van der Waals surface area contributed by atoms with Crippen molar-refractivity contribution < 1.29 is 18.4 Å². The van der Waals surface area contributed by atoms with Crippen molar-refractivity contribution in [2.45, 2.75) is 19.6 Å². The number of aliphatic imine (C=N–C) groups is 1. The lowest BCUT2D eigenvalue weighted by molar-refractivity contribution is -0.121. The SMILES string of the molecule is Cc1ccc(CNC(=O)CSC2=NC3NNCC3C(=O)N2c2ccc(F)c(F)c2)cc1. The molecule has 10 heteroatoms. The molecule has 2 aliphatic heterocycles. The van der Waals surface area contributed by atoms with Gasteiger partial charge in [-0.3, -0.25) is 19.9 Å². The smallest absolute Gasteiger partial charge is 0.241 e. The highest BCUT2D eigenvalue weighted by molar-refractivity contribution is 8.14. The van der Waals surface area contributed by atoms with E-state index in [1.165, 1.54) is 11.0 Å². The zero-order valence-electron chi connectivity index (χ0n) is 16.7. The number of amidine groups is 1. The van der Waals surface area contributed by atoms with Gasteiger partial charge in [0.2, 0.25) is 11.8 Å². The van der Waals surface area contributed by atoms with Crippen LogP contribution in [0.1, 0.15) is 11.1 Å². The number of thioether (sulfide) groups is 1. The molecule has 0 aromatic heterocycles. The summed E-state index contributed by atoms with van der Waals surface area (Å²) in [5.41, 5.74) is 8.08. The number of nitrogens with zero attached hydrogens (tertiary/aromatic N) is 2. The van der Waals surface area contributed by atoms with Crippen LogP contribution < -0.4 is 21.1 Å². The van der Waals surface area contributed by atoms with Crippen LogP contribution in [0.15, 0.2) is 47.5 Å². The van der Waals surface area contributed by atoms with Crippen molar-refractivity contribution in [1.82, 2.24) is 16.2 Å². The number of anilines is 1. The molecule has 2 aliphatic rings. The molecule has 7 nitrogen and oxygen atoms in total. The lowest BCUT2D eigenvalue weighted by Crippen LogP contribution is -2.49. The summed E-state index contributed by atoms with van der Waals surface area (Å²) in [7, 11) is 0. The van der Waals surface area contributed by atoms with Crippen molar-refractivity contribution in [1.29, 1.82) is 0 Å². The van der Waals surface area contributed by atoms with E-state index in [9.17, 15) is 18.4 Å². The number of hydrazine groups is 1. The minimum atomic E-state index is -1.06. The lowest BCUT2D eigenvalue weighted by Gasteiger charge is -2.32. The summed E-state index contributed by atoms with van der Waals surface area (Å²) in [6.45, 7) is 2.74. The van der Waals surface area contributed by atoms with Crippen molar-refractivity contribution in [3.63, 3.8) is 0 Å². The van der Waals surface area contributed by atoms with E-state index in [0.717, 1.165) is 35.0 Å². The number of hydrogen-bond donors (Lipinski definition) is 3. The number of hydrogen-bond acceptors (Lipinski definition) is 6. The van der Waals surface area contributed by atoms with E-state index >= 15 is 0 Å². The first kappa shape index (κ1) is 21.4. The van der Waals surface area contributed by atoms with Crippen LogP contribution in [-0.2, 0) is 16.1 Å². The van der Waals surface area contributed by atoms with Crippen molar-refractivity contribution in [3.8, 4) is 0 Å². The van der Waals surface area contributed by atoms with Crippen LogP contribution in [0.5, 0.6) is 0 Å². The molecular weight excluding hydrogens is 424 g/mol. The van der Waals surface area contributed by atoms with E-state index in [-0.39, 0.29) is 28.4 Å². The number of halogens is 2. The van der Waals surface area contributed by atoms with Crippen LogP contribution in [0.3, 0.4) is 0 Å². The number of aryl methyl sites for hydroxylation is 1. The van der Waals surface area contributed by atoms with E-state index < -0.39 is 23.7 Å². The second kappa shape index (κ2) is 9.13. The van der Waals surface area contributed by atoms with Crippen molar-refractivity contribution in [3.05, 3.63) is 65.2 Å². The highest BCUT2D eigenvalue weighted by Gasteiger charge is 2.42. The second-order valence-electron chi connectivity index (χ2n) is 7.31. The van der Waals surface area contributed by atoms with Gasteiger partial charge in [0.1, 0.15) is 6.17 Å². The highest BCUT2D eigenvalue weighted by atomic mass is 32.2. The highest BCUT2D eigenvalue weighted by Crippen LogP contribution is 2.30. The van der Waals surface area contributed by atoms with Crippen LogP contribution in [-0.4, -0.2) is 35.4 Å². The lowest BCUT2D eigenvalue weighted by atomic mass is 10.0. The summed E-state index contributed by atoms with van der Waals surface area (Å²) in [5.74, 6) is -3.06. The van der Waals surface area contributed by atoms with Gasteiger partial charge in [-0.1, -0.05) is 41.6 Å². The molecule has 2 atom stereocenters. The maximum atomic E-state index is 13.8. The van der Waals surface area contributed by atoms with Crippen LogP contribution in [0, 0.1) is 24.5 Å². The van der Waals surface area contributed by atoms with E-state index in [0.29, 0.717) is 13.1 Å². The quantitative estimate of drug-likeness (QED) is 0.656. The van der Waals surface area contributed by atoms with Crippen LogP contribution in [0.4, 0.5) is 14.5 Å². The fourth-order valence-corrected chi connectivity index (χ4v) is 4.19. The average molecular weight is 445 g/mol. The van der Waals surface area contributed by atoms with Gasteiger partial charge in [-0.15, -0.1) is 0 Å². The van der Waals surface area contributed by atoms with Gasteiger partial charge in [0.25, 0.3) is 0 Å². The molecular formula is C21H21F2N5O2S. The van der Waals surface area contributed by atoms with Crippen molar-refractivity contribution >= 4 is 34.4 Å². The molecule has 0 bridgehead atoms. The molecule has 0 spiro atoms. The molecule has 162 valence electrons. The van der Waals surface area contributed by atoms with Gasteiger partial charge in [-0.2, -0.15) is 0 Å². The Balaban J connectivity index is 1.47. The molecule has 2 unspecified atom stereocenters. The number of carbonyl (C=O) groups is 2. The number of fused-ring (bicyclic) bond motifs is 1. The zero-order valence-corrected chi connectivity index (χ0v) is 17.5. The van der Waals surface area contributed by atoms with Crippen LogP contribution in [0.25, 0.3) is 0 Å². The largest absolute Gasteiger partial charge is 0.351 e. The van der Waals surface area contributed by atoms with Gasteiger partial charge >= 0.3 is 0 Å². The predicted molar refractivity (Wildman–Crippen MR) is 115 cm³/mol. The summed E-state index contributed by atoms with van der Waals surface area (Å²) in [5, 5.41) is 3.08. The maximum absolute atomic E-state index is 13.8. The topological polar surface area (TPSA) is 85.8 Å². The Morgan fingerprint density at radius 2 is 2.00 bits per heavy atom. The molecule has 2 heterocycles. The molecule has 0 saturated carbocycles. The maximum Gasteiger partial charge on any atom is 0.241 e. The Morgan fingerprint density at radius 1 is 1.23 bits per heavy atom. The second-order valence-corrected chi connectivity index (χ2v) is 8.25. The van der Waals surface area contributed by atoms with E-state index in [4.69, 9.17) is 0 Å². The molecule has 2 aromatic rings. The molecule has 1 saturated heterocycles. The summed E-state index contributed by atoms with van der Waals surface area (Å²) < 4.78 is 27.2. The Hall–Kier alpha value is -2.82. The van der Waals surface area contributed by atoms with E-state index in [1.807, 2.05) is 31.2 Å². The van der Waals surface area contributed by atoms with Gasteiger partial charge < -0.3 is 5.32 Å². The summed E-state index contributed by atoms with van der Waals surface area (Å²) in [6.07, 6.45) is -0.479. The molecule has 0 radical (unpaired) electrons. The van der Waals surface area contributed by atoms with Crippen molar-refractivity contribution in [2.75, 3.05) is 17.2 Å². The van der Waals surface area contributed by atoms with Crippen LogP contribution >= 0.6 is 11.8 Å². The van der Waals surface area contributed by atoms with Crippen molar-refractivity contribution in [2.24, 2.45) is 10.9 Å². The first-order valence-electron chi connectivity index (χ1n) is 9.72. The molecule has 2 aromatic carbocycles. The molecule has 31 heavy (non-hydrogen) atoms. The molecule has 2 amide bonds. The van der Waals surface area contributed by atoms with Crippen LogP contribution in [0.2, 0.25) is 0 Å². The fourth-order valence-electron chi connectivity index (χ4n) is 3.32. The van der Waals surface area contributed by atoms with Gasteiger partial charge in [0, 0.05) is 19.2 Å². The first-order valence-corrected chi connectivity index (χ1v) is 10.7. The minimum absolute atomic E-state index is 0.0168.